The molecule has 1 aromatic heterocycles. The van der Waals surface area contributed by atoms with Gasteiger partial charge in [-0.25, -0.2) is 0 Å². The molecule has 2 aromatic rings. The minimum absolute atomic E-state index is 0.0505. The Balaban J connectivity index is 1.58. The van der Waals surface area contributed by atoms with Gasteiger partial charge in [-0.05, 0) is 51.7 Å². The second-order valence-corrected chi connectivity index (χ2v) is 8.23. The lowest BCUT2D eigenvalue weighted by Gasteiger charge is -2.45. The molecule has 5 heteroatoms. The number of carbonyl (C=O) groups is 1. The van der Waals surface area contributed by atoms with Gasteiger partial charge in [-0.1, -0.05) is 30.3 Å². The van der Waals surface area contributed by atoms with Crippen molar-refractivity contribution in [2.75, 3.05) is 13.2 Å². The Labute approximate surface area is 162 Å². The Hall–Kier alpha value is -2.14. The second kappa shape index (κ2) is 8.26. The van der Waals surface area contributed by atoms with Gasteiger partial charge in [0.2, 0.25) is 5.91 Å². The maximum absolute atomic E-state index is 12.3. The molecule has 0 unspecified atom stereocenters. The summed E-state index contributed by atoms with van der Waals surface area (Å²) in [6, 6.07) is 12.6. The fraction of sp³-hybridized carbons (Fsp3) is 0.545. The van der Waals surface area contributed by atoms with Crippen molar-refractivity contribution >= 4 is 5.91 Å². The maximum Gasteiger partial charge on any atom is 0.221 e. The van der Waals surface area contributed by atoms with Crippen LogP contribution in [0, 0.1) is 6.92 Å². The SMILES string of the molecule is Cc1ccnn1CCC(=O)NCC[C@@]1(c2ccccc2)CCOC(C)(C)C1. The molecule has 1 aliphatic rings. The van der Waals surface area contributed by atoms with Gasteiger partial charge in [-0.15, -0.1) is 0 Å². The molecule has 1 aromatic carbocycles. The van der Waals surface area contributed by atoms with E-state index in [-0.39, 0.29) is 16.9 Å². The van der Waals surface area contributed by atoms with Crippen LogP contribution in [0.1, 0.15) is 50.8 Å². The number of hydrogen-bond donors (Lipinski definition) is 1. The van der Waals surface area contributed by atoms with Crippen LogP contribution >= 0.6 is 0 Å². The van der Waals surface area contributed by atoms with Crippen LogP contribution in [0.15, 0.2) is 42.6 Å². The molecular weight excluding hydrogens is 338 g/mol. The standard InChI is InChI=1S/C22H31N3O2/c1-18-9-13-24-25(18)15-10-20(26)23-14-11-22(19-7-5-4-6-8-19)12-16-27-21(2,3)17-22/h4-9,13H,10-12,14-17H2,1-3H3,(H,23,26)/t22-/m1/s1. The third-order valence-corrected chi connectivity index (χ3v) is 5.63. The van der Waals surface area contributed by atoms with E-state index in [4.69, 9.17) is 4.74 Å². The van der Waals surface area contributed by atoms with E-state index in [1.165, 1.54) is 5.56 Å². The zero-order chi connectivity index (χ0) is 19.3. The van der Waals surface area contributed by atoms with Crippen molar-refractivity contribution in [1.29, 1.82) is 0 Å². The molecule has 1 atom stereocenters. The van der Waals surface area contributed by atoms with Gasteiger partial charge in [-0.2, -0.15) is 5.10 Å². The van der Waals surface area contributed by atoms with E-state index in [1.54, 1.807) is 6.20 Å². The molecule has 1 N–H and O–H groups in total. The number of ether oxygens (including phenoxy) is 1. The molecule has 27 heavy (non-hydrogen) atoms. The molecule has 0 aliphatic carbocycles. The van der Waals surface area contributed by atoms with Crippen LogP contribution in [-0.2, 0) is 21.5 Å². The molecule has 146 valence electrons. The quantitative estimate of drug-likeness (QED) is 0.811. The van der Waals surface area contributed by atoms with Crippen molar-refractivity contribution in [2.24, 2.45) is 0 Å². The third kappa shape index (κ3) is 4.98. The van der Waals surface area contributed by atoms with Gasteiger partial charge in [0.1, 0.15) is 0 Å². The first-order chi connectivity index (χ1) is 12.9. The normalized spacial score (nSPS) is 21.7. The fourth-order valence-corrected chi connectivity index (χ4v) is 4.24. The van der Waals surface area contributed by atoms with Crippen LogP contribution in [0.2, 0.25) is 0 Å². The summed E-state index contributed by atoms with van der Waals surface area (Å²) >= 11 is 0. The highest BCUT2D eigenvalue weighted by Gasteiger charge is 2.41. The molecule has 2 heterocycles. The summed E-state index contributed by atoms with van der Waals surface area (Å²) in [7, 11) is 0. The fourth-order valence-electron chi connectivity index (χ4n) is 4.24. The zero-order valence-corrected chi connectivity index (χ0v) is 16.7. The maximum atomic E-state index is 12.3. The molecule has 5 nitrogen and oxygen atoms in total. The van der Waals surface area contributed by atoms with Crippen molar-refractivity contribution in [3.05, 3.63) is 53.9 Å². The van der Waals surface area contributed by atoms with E-state index in [0.717, 1.165) is 31.6 Å². The number of benzene rings is 1. The predicted octanol–water partition coefficient (Wildman–Crippen LogP) is 3.61. The van der Waals surface area contributed by atoms with Crippen LogP contribution < -0.4 is 5.32 Å². The van der Waals surface area contributed by atoms with E-state index < -0.39 is 0 Å². The average molecular weight is 370 g/mol. The van der Waals surface area contributed by atoms with Gasteiger partial charge < -0.3 is 10.1 Å². The van der Waals surface area contributed by atoms with Crippen molar-refractivity contribution in [2.45, 2.75) is 64.0 Å². The van der Waals surface area contributed by atoms with Gasteiger partial charge in [0.15, 0.2) is 0 Å². The highest BCUT2D eigenvalue weighted by Crippen LogP contribution is 2.43. The first kappa shape index (κ1) is 19.6. The predicted molar refractivity (Wildman–Crippen MR) is 107 cm³/mol. The lowest BCUT2D eigenvalue weighted by molar-refractivity contribution is -0.121. The number of aromatic nitrogens is 2. The summed E-state index contributed by atoms with van der Waals surface area (Å²) in [4.78, 5) is 12.3. The van der Waals surface area contributed by atoms with Crippen molar-refractivity contribution in [3.63, 3.8) is 0 Å². The van der Waals surface area contributed by atoms with E-state index in [9.17, 15) is 4.79 Å². The first-order valence-corrected chi connectivity index (χ1v) is 9.85. The van der Waals surface area contributed by atoms with E-state index in [0.29, 0.717) is 19.5 Å². The monoisotopic (exact) mass is 369 g/mol. The molecule has 0 saturated carbocycles. The first-order valence-electron chi connectivity index (χ1n) is 9.85. The topological polar surface area (TPSA) is 56.2 Å². The smallest absolute Gasteiger partial charge is 0.221 e. The summed E-state index contributed by atoms with van der Waals surface area (Å²) in [6.07, 6.45) is 5.10. The Kier molecular flexibility index (Phi) is 6.00. The van der Waals surface area contributed by atoms with Crippen LogP contribution in [0.4, 0.5) is 0 Å². The van der Waals surface area contributed by atoms with E-state index in [2.05, 4.69) is 54.6 Å². The average Bonchev–Trinajstić information content (AvgIpc) is 3.05. The number of aryl methyl sites for hydroxylation is 2. The molecule has 1 saturated heterocycles. The largest absolute Gasteiger partial charge is 0.376 e. The number of hydrogen-bond acceptors (Lipinski definition) is 3. The Morgan fingerprint density at radius 3 is 2.70 bits per heavy atom. The molecule has 3 rings (SSSR count). The minimum Gasteiger partial charge on any atom is -0.376 e. The van der Waals surface area contributed by atoms with Gasteiger partial charge in [0, 0.05) is 43.4 Å². The number of rotatable bonds is 7. The number of carbonyl (C=O) groups excluding carboxylic acids is 1. The molecule has 0 radical (unpaired) electrons. The van der Waals surface area contributed by atoms with E-state index in [1.807, 2.05) is 17.7 Å². The summed E-state index contributed by atoms with van der Waals surface area (Å²) in [5.74, 6) is 0.0828. The van der Waals surface area contributed by atoms with Crippen LogP contribution in [0.3, 0.4) is 0 Å². The van der Waals surface area contributed by atoms with Crippen LogP contribution in [0.25, 0.3) is 0 Å². The highest BCUT2D eigenvalue weighted by atomic mass is 16.5. The molecular formula is C22H31N3O2. The van der Waals surface area contributed by atoms with Crippen molar-refractivity contribution < 1.29 is 9.53 Å². The summed E-state index contributed by atoms with van der Waals surface area (Å²) in [5.41, 5.74) is 2.34. The number of nitrogens with one attached hydrogen (secondary N) is 1. The lowest BCUT2D eigenvalue weighted by atomic mass is 9.67. The van der Waals surface area contributed by atoms with Gasteiger partial charge in [-0.3, -0.25) is 9.48 Å². The minimum atomic E-state index is -0.143. The van der Waals surface area contributed by atoms with Gasteiger partial charge in [0.25, 0.3) is 0 Å². The van der Waals surface area contributed by atoms with Gasteiger partial charge >= 0.3 is 0 Å². The van der Waals surface area contributed by atoms with Crippen LogP contribution in [-0.4, -0.2) is 34.4 Å². The Bertz CT molecular complexity index is 754. The molecule has 1 aliphatic heterocycles. The number of amides is 1. The summed E-state index contributed by atoms with van der Waals surface area (Å²) < 4.78 is 7.83. The Morgan fingerprint density at radius 1 is 1.26 bits per heavy atom. The number of nitrogens with zero attached hydrogens (tertiary/aromatic N) is 2. The molecule has 0 spiro atoms. The highest BCUT2D eigenvalue weighted by molar-refractivity contribution is 5.75. The molecule has 0 bridgehead atoms. The zero-order valence-electron chi connectivity index (χ0n) is 16.7. The summed E-state index contributed by atoms with van der Waals surface area (Å²) in [6.45, 7) is 8.39. The van der Waals surface area contributed by atoms with Crippen LogP contribution in [0.5, 0.6) is 0 Å². The van der Waals surface area contributed by atoms with Gasteiger partial charge in [0.05, 0.1) is 5.60 Å². The molecule has 1 fully saturated rings. The third-order valence-electron chi connectivity index (χ3n) is 5.63. The van der Waals surface area contributed by atoms with E-state index >= 15 is 0 Å². The Morgan fingerprint density at radius 2 is 2.04 bits per heavy atom. The lowest BCUT2D eigenvalue weighted by Crippen LogP contribution is -2.45. The second-order valence-electron chi connectivity index (χ2n) is 8.23. The van der Waals surface area contributed by atoms with Crippen molar-refractivity contribution in [1.82, 2.24) is 15.1 Å². The summed E-state index contributed by atoms with van der Waals surface area (Å²) in [5, 5.41) is 7.34. The van der Waals surface area contributed by atoms with Crippen molar-refractivity contribution in [3.8, 4) is 0 Å². The molecule has 1 amide bonds.